The van der Waals surface area contributed by atoms with Crippen LogP contribution in [0.15, 0.2) is 47.4 Å². The highest BCUT2D eigenvalue weighted by atomic mass is 32.1. The highest BCUT2D eigenvalue weighted by Gasteiger charge is 2.20. The Morgan fingerprint density at radius 2 is 1.89 bits per heavy atom. The predicted octanol–water partition coefficient (Wildman–Crippen LogP) is 1.41. The van der Waals surface area contributed by atoms with Gasteiger partial charge in [0.1, 0.15) is 0 Å². The molecule has 142 valence electrons. The molecule has 27 heavy (non-hydrogen) atoms. The minimum atomic E-state index is -0.123. The second-order valence-corrected chi connectivity index (χ2v) is 7.85. The molecule has 1 aromatic carbocycles. The molecule has 0 aliphatic carbocycles. The molecule has 0 saturated carbocycles. The molecule has 3 heterocycles. The second-order valence-electron chi connectivity index (χ2n) is 6.91. The first-order chi connectivity index (χ1) is 13.2. The fourth-order valence-corrected chi connectivity index (χ4v) is 4.24. The summed E-state index contributed by atoms with van der Waals surface area (Å²) in [7, 11) is 2.18. The number of likely N-dealkylation sites (N-methyl/N-ethyl adjacent to an activating group) is 1. The molecule has 1 aliphatic heterocycles. The summed E-state index contributed by atoms with van der Waals surface area (Å²) in [6.07, 6.45) is 1.55. The van der Waals surface area contributed by atoms with E-state index < -0.39 is 0 Å². The summed E-state index contributed by atoms with van der Waals surface area (Å²) in [5.41, 5.74) is 1.23. The zero-order valence-electron chi connectivity index (χ0n) is 15.5. The Labute approximate surface area is 162 Å². The fraction of sp³-hybridized carbons (Fsp3) is 0.421. The molecule has 0 radical (unpaired) electrons. The molecule has 0 amide bonds. The maximum atomic E-state index is 11.8. The van der Waals surface area contributed by atoms with E-state index in [9.17, 15) is 4.79 Å². The molecular weight excluding hydrogens is 360 g/mol. The van der Waals surface area contributed by atoms with Crippen molar-refractivity contribution in [3.05, 3.63) is 58.5 Å². The van der Waals surface area contributed by atoms with Gasteiger partial charge in [0.2, 0.25) is 10.1 Å². The van der Waals surface area contributed by atoms with Crippen LogP contribution in [0.1, 0.15) is 5.56 Å². The summed E-state index contributed by atoms with van der Waals surface area (Å²) in [6, 6.07) is 12.0. The Morgan fingerprint density at radius 1 is 1.11 bits per heavy atom. The number of fused-ring (bicyclic) bond motifs is 1. The van der Waals surface area contributed by atoms with Gasteiger partial charge >= 0.3 is 0 Å². The number of hydrogen-bond donors (Lipinski definition) is 0. The smallest absolute Gasteiger partial charge is 0.275 e. The third-order valence-electron chi connectivity index (χ3n) is 4.90. The number of anilines is 1. The molecule has 4 rings (SSSR count). The molecule has 1 fully saturated rings. The van der Waals surface area contributed by atoms with Crippen LogP contribution in [-0.2, 0) is 6.54 Å². The van der Waals surface area contributed by atoms with Gasteiger partial charge in [-0.3, -0.25) is 9.69 Å². The van der Waals surface area contributed by atoms with E-state index in [-0.39, 0.29) is 5.56 Å². The lowest BCUT2D eigenvalue weighted by molar-refractivity contribution is 0.212. The SMILES string of the molecule is CN(CCN1CCN(c2nn3c(=O)ccnc3s2)CC1)Cc1ccccc1. The molecule has 3 aromatic rings. The van der Waals surface area contributed by atoms with E-state index in [4.69, 9.17) is 0 Å². The summed E-state index contributed by atoms with van der Waals surface area (Å²) < 4.78 is 1.39. The van der Waals surface area contributed by atoms with Gasteiger partial charge in [-0.2, -0.15) is 4.52 Å². The van der Waals surface area contributed by atoms with Crippen molar-refractivity contribution in [2.75, 3.05) is 51.2 Å². The van der Waals surface area contributed by atoms with Crippen LogP contribution in [-0.4, -0.2) is 70.7 Å². The largest absolute Gasteiger partial charge is 0.344 e. The van der Waals surface area contributed by atoms with Gasteiger partial charge in [0.15, 0.2) is 0 Å². The van der Waals surface area contributed by atoms with Crippen LogP contribution in [0.2, 0.25) is 0 Å². The third kappa shape index (κ3) is 4.35. The van der Waals surface area contributed by atoms with Crippen molar-refractivity contribution in [2.45, 2.75) is 6.54 Å². The minimum absolute atomic E-state index is 0.123. The normalized spacial score (nSPS) is 15.7. The number of hydrogen-bond acceptors (Lipinski definition) is 7. The van der Waals surface area contributed by atoms with Gasteiger partial charge in [-0.05, 0) is 12.6 Å². The van der Waals surface area contributed by atoms with E-state index >= 15 is 0 Å². The third-order valence-corrected chi connectivity index (χ3v) is 5.88. The molecule has 8 heteroatoms. The quantitative estimate of drug-likeness (QED) is 0.640. The minimum Gasteiger partial charge on any atom is -0.344 e. The maximum absolute atomic E-state index is 11.8. The molecule has 0 spiro atoms. The predicted molar refractivity (Wildman–Crippen MR) is 109 cm³/mol. The van der Waals surface area contributed by atoms with Gasteiger partial charge in [0, 0.05) is 58.1 Å². The monoisotopic (exact) mass is 384 g/mol. The number of piperazine rings is 1. The zero-order valence-corrected chi connectivity index (χ0v) is 16.3. The van der Waals surface area contributed by atoms with Crippen LogP contribution in [0.3, 0.4) is 0 Å². The van der Waals surface area contributed by atoms with Crippen molar-refractivity contribution in [2.24, 2.45) is 0 Å². The molecule has 1 saturated heterocycles. The molecule has 0 bridgehead atoms. The van der Waals surface area contributed by atoms with Crippen LogP contribution in [0.4, 0.5) is 5.13 Å². The molecule has 0 unspecified atom stereocenters. The zero-order chi connectivity index (χ0) is 18.6. The topological polar surface area (TPSA) is 57.0 Å². The van der Waals surface area contributed by atoms with Crippen LogP contribution in [0.25, 0.3) is 4.96 Å². The Bertz CT molecular complexity index is 932. The summed E-state index contributed by atoms with van der Waals surface area (Å²) in [5.74, 6) is 0. The second kappa shape index (κ2) is 8.16. The Morgan fingerprint density at radius 3 is 2.63 bits per heavy atom. The van der Waals surface area contributed by atoms with Gasteiger partial charge in [0.05, 0.1) is 0 Å². The van der Waals surface area contributed by atoms with Crippen molar-refractivity contribution >= 4 is 21.4 Å². The van der Waals surface area contributed by atoms with Gasteiger partial charge in [-0.1, -0.05) is 41.7 Å². The fourth-order valence-electron chi connectivity index (χ4n) is 3.31. The van der Waals surface area contributed by atoms with Crippen molar-refractivity contribution in [3.63, 3.8) is 0 Å². The van der Waals surface area contributed by atoms with Crippen LogP contribution < -0.4 is 10.5 Å². The number of aromatic nitrogens is 3. The van der Waals surface area contributed by atoms with Crippen LogP contribution in [0, 0.1) is 0 Å². The van der Waals surface area contributed by atoms with Crippen LogP contribution in [0.5, 0.6) is 0 Å². The lowest BCUT2D eigenvalue weighted by atomic mass is 10.2. The molecule has 0 N–H and O–H groups in total. The standard InChI is InChI=1S/C19H24N6OS/c1-22(15-16-5-3-2-4-6-16)9-10-23-11-13-24(14-12-23)19-21-25-17(26)7-8-20-18(25)27-19/h2-8H,9-15H2,1H3. The average molecular weight is 385 g/mol. The van der Waals surface area contributed by atoms with Gasteiger partial charge in [0.25, 0.3) is 5.56 Å². The number of rotatable bonds is 6. The maximum Gasteiger partial charge on any atom is 0.275 e. The summed E-state index contributed by atoms with van der Waals surface area (Å²) >= 11 is 1.48. The van der Waals surface area contributed by atoms with Crippen molar-refractivity contribution in [1.82, 2.24) is 24.4 Å². The Hall–Kier alpha value is -2.29. The van der Waals surface area contributed by atoms with Gasteiger partial charge in [-0.25, -0.2) is 4.98 Å². The number of benzene rings is 1. The molecule has 1 aliphatic rings. The summed E-state index contributed by atoms with van der Waals surface area (Å²) in [4.78, 5) is 23.8. The summed E-state index contributed by atoms with van der Waals surface area (Å²) in [5, 5.41) is 5.32. The molecular formula is C19H24N6OS. The van der Waals surface area contributed by atoms with Gasteiger partial charge in [-0.15, -0.1) is 5.10 Å². The first-order valence-electron chi connectivity index (χ1n) is 9.24. The van der Waals surface area contributed by atoms with E-state index in [1.165, 1.54) is 27.5 Å². The van der Waals surface area contributed by atoms with E-state index in [2.05, 4.69) is 62.2 Å². The van der Waals surface area contributed by atoms with E-state index in [1.54, 1.807) is 6.20 Å². The van der Waals surface area contributed by atoms with E-state index in [1.807, 2.05) is 0 Å². The first kappa shape index (κ1) is 18.1. The molecule has 7 nitrogen and oxygen atoms in total. The van der Waals surface area contributed by atoms with E-state index in [0.29, 0.717) is 4.96 Å². The summed E-state index contributed by atoms with van der Waals surface area (Å²) in [6.45, 7) is 6.98. The van der Waals surface area contributed by atoms with Crippen molar-refractivity contribution in [1.29, 1.82) is 0 Å². The lowest BCUT2D eigenvalue weighted by Gasteiger charge is -2.35. The Kier molecular flexibility index (Phi) is 5.47. The van der Waals surface area contributed by atoms with Crippen LogP contribution >= 0.6 is 11.3 Å². The highest BCUT2D eigenvalue weighted by Crippen LogP contribution is 2.22. The number of nitrogens with zero attached hydrogens (tertiary/aromatic N) is 6. The highest BCUT2D eigenvalue weighted by molar-refractivity contribution is 7.20. The lowest BCUT2D eigenvalue weighted by Crippen LogP contribution is -2.48. The molecule has 2 aromatic heterocycles. The van der Waals surface area contributed by atoms with Crippen molar-refractivity contribution < 1.29 is 0 Å². The Balaban J connectivity index is 1.27. The van der Waals surface area contributed by atoms with Crippen molar-refractivity contribution in [3.8, 4) is 0 Å². The van der Waals surface area contributed by atoms with E-state index in [0.717, 1.165) is 50.9 Å². The molecule has 0 atom stereocenters. The average Bonchev–Trinajstić information content (AvgIpc) is 3.13. The van der Waals surface area contributed by atoms with Gasteiger partial charge < -0.3 is 9.80 Å². The first-order valence-corrected chi connectivity index (χ1v) is 10.1.